The Bertz CT molecular complexity index is 370. The van der Waals surface area contributed by atoms with Crippen LogP contribution in [0.15, 0.2) is 46.4 Å². The summed E-state index contributed by atoms with van der Waals surface area (Å²) >= 11 is 0. The van der Waals surface area contributed by atoms with Crippen LogP contribution in [0.1, 0.15) is 52.9 Å². The van der Waals surface area contributed by atoms with E-state index in [9.17, 15) is 0 Å². The van der Waals surface area contributed by atoms with Gasteiger partial charge in [0, 0.05) is 5.57 Å². The van der Waals surface area contributed by atoms with E-state index in [0.29, 0.717) is 0 Å². The standard InChI is InChI=1S/C16H22/c1-4-14(2)15(3)10-8-9-13-16-11-6-5-7-12-16/h4,9,13H,5-7,11-12H2,1-3H3/b14-4+,15-9?. The van der Waals surface area contributed by atoms with Crippen molar-refractivity contribution in [2.45, 2.75) is 52.9 Å². The third-order valence-corrected chi connectivity index (χ3v) is 3.18. The largest absolute Gasteiger partial charge is 0.0838 e. The minimum absolute atomic E-state index is 1.17. The van der Waals surface area contributed by atoms with Crippen molar-refractivity contribution in [1.29, 1.82) is 0 Å². The molecule has 1 saturated carbocycles. The maximum Gasteiger partial charge on any atom is 0.00187 e. The average molecular weight is 214 g/mol. The second-order valence-corrected chi connectivity index (χ2v) is 4.42. The van der Waals surface area contributed by atoms with Gasteiger partial charge in [0.15, 0.2) is 0 Å². The fourth-order valence-corrected chi connectivity index (χ4v) is 1.80. The van der Waals surface area contributed by atoms with Crippen LogP contribution in [0.4, 0.5) is 0 Å². The Labute approximate surface area is 99.8 Å². The van der Waals surface area contributed by atoms with Crippen LogP contribution in [-0.4, -0.2) is 0 Å². The van der Waals surface area contributed by atoms with Crippen LogP contribution >= 0.6 is 0 Å². The third kappa shape index (κ3) is 4.53. The van der Waals surface area contributed by atoms with Crippen LogP contribution in [0.3, 0.4) is 0 Å². The smallest absolute Gasteiger partial charge is 0.00187 e. The zero-order chi connectivity index (χ0) is 11.8. The predicted octanol–water partition coefficient (Wildman–Crippen LogP) is 5.10. The van der Waals surface area contributed by atoms with Crippen LogP contribution in [0.25, 0.3) is 0 Å². The van der Waals surface area contributed by atoms with Crippen LogP contribution in [-0.2, 0) is 0 Å². The molecule has 0 aromatic carbocycles. The van der Waals surface area contributed by atoms with Crippen molar-refractivity contribution in [2.75, 3.05) is 0 Å². The molecule has 0 atom stereocenters. The summed E-state index contributed by atoms with van der Waals surface area (Å²) in [6.45, 7) is 6.22. The molecule has 86 valence electrons. The van der Waals surface area contributed by atoms with Gasteiger partial charge in [-0.1, -0.05) is 35.6 Å². The van der Waals surface area contributed by atoms with E-state index in [0.717, 1.165) is 0 Å². The van der Waals surface area contributed by atoms with E-state index < -0.39 is 0 Å². The molecule has 0 aliphatic heterocycles. The molecule has 0 heteroatoms. The molecule has 0 amide bonds. The summed E-state index contributed by atoms with van der Waals surface area (Å²) in [7, 11) is 0. The summed E-state index contributed by atoms with van der Waals surface area (Å²) in [5, 5.41) is 0. The molecule has 1 aliphatic carbocycles. The highest BCUT2D eigenvalue weighted by Crippen LogP contribution is 2.22. The minimum atomic E-state index is 1.17. The first-order chi connectivity index (χ1) is 7.74. The molecule has 0 spiro atoms. The number of hydrogen-bond acceptors (Lipinski definition) is 0. The molecule has 0 heterocycles. The van der Waals surface area contributed by atoms with Crippen LogP contribution in [0.5, 0.6) is 0 Å². The van der Waals surface area contributed by atoms with E-state index in [2.05, 4.69) is 37.5 Å². The van der Waals surface area contributed by atoms with Crippen molar-refractivity contribution >= 4 is 0 Å². The lowest BCUT2D eigenvalue weighted by atomic mass is 9.95. The molecule has 0 saturated heterocycles. The summed E-state index contributed by atoms with van der Waals surface area (Å²) < 4.78 is 0. The molecule has 0 radical (unpaired) electrons. The van der Waals surface area contributed by atoms with Crippen molar-refractivity contribution in [2.24, 2.45) is 0 Å². The second kappa shape index (κ2) is 7.12. The first-order valence-corrected chi connectivity index (χ1v) is 6.23. The Morgan fingerprint density at radius 1 is 1.12 bits per heavy atom. The summed E-state index contributed by atoms with van der Waals surface area (Å²) in [4.78, 5) is 0. The summed E-state index contributed by atoms with van der Waals surface area (Å²) in [6.07, 6.45) is 13.0. The summed E-state index contributed by atoms with van der Waals surface area (Å²) in [5.74, 6) is 0. The van der Waals surface area contributed by atoms with Gasteiger partial charge < -0.3 is 0 Å². The number of rotatable bonds is 2. The Morgan fingerprint density at radius 2 is 1.81 bits per heavy atom. The normalized spacial score (nSPS) is 16.2. The zero-order valence-corrected chi connectivity index (χ0v) is 10.8. The van der Waals surface area contributed by atoms with E-state index in [4.69, 9.17) is 0 Å². The molecule has 0 unspecified atom stereocenters. The van der Waals surface area contributed by atoms with Gasteiger partial charge in [0.2, 0.25) is 0 Å². The molecule has 1 fully saturated rings. The summed E-state index contributed by atoms with van der Waals surface area (Å²) in [5.41, 5.74) is 10.3. The molecule has 1 aliphatic rings. The molecule has 0 nitrogen and oxygen atoms in total. The van der Waals surface area contributed by atoms with Crippen molar-refractivity contribution in [3.05, 3.63) is 46.4 Å². The quantitative estimate of drug-likeness (QED) is 0.443. The first-order valence-electron chi connectivity index (χ1n) is 6.23. The molecule has 0 N–H and O–H groups in total. The average Bonchev–Trinajstić information content (AvgIpc) is 2.34. The lowest BCUT2D eigenvalue weighted by Crippen LogP contribution is -1.92. The van der Waals surface area contributed by atoms with Crippen molar-refractivity contribution in [1.82, 2.24) is 0 Å². The highest BCUT2D eigenvalue weighted by molar-refractivity contribution is 5.26. The van der Waals surface area contributed by atoms with Gasteiger partial charge in [-0.3, -0.25) is 0 Å². The Kier molecular flexibility index (Phi) is 5.72. The fraction of sp³-hybridized carbons (Fsp3) is 0.500. The summed E-state index contributed by atoms with van der Waals surface area (Å²) in [6, 6.07) is 0. The maximum atomic E-state index is 3.17. The number of hydrogen-bond donors (Lipinski definition) is 0. The third-order valence-electron chi connectivity index (χ3n) is 3.18. The van der Waals surface area contributed by atoms with Gasteiger partial charge in [-0.25, -0.2) is 0 Å². The van der Waals surface area contributed by atoms with Crippen LogP contribution in [0, 0.1) is 0 Å². The van der Waals surface area contributed by atoms with Gasteiger partial charge in [0.1, 0.15) is 0 Å². The lowest BCUT2D eigenvalue weighted by molar-refractivity contribution is 0.599. The highest BCUT2D eigenvalue weighted by Gasteiger charge is 2.02. The topological polar surface area (TPSA) is 0 Å². The molecule has 1 rings (SSSR count). The van der Waals surface area contributed by atoms with Crippen molar-refractivity contribution < 1.29 is 0 Å². The van der Waals surface area contributed by atoms with Crippen molar-refractivity contribution in [3.8, 4) is 0 Å². The Hall–Kier alpha value is -1.22. The van der Waals surface area contributed by atoms with Crippen molar-refractivity contribution in [3.63, 3.8) is 0 Å². The molecule has 0 aromatic heterocycles. The molecule has 0 bridgehead atoms. The SMILES string of the molecule is C/C=C(\C)C(C)=C=C=CC=C1CCCCC1. The van der Waals surface area contributed by atoms with Crippen LogP contribution in [0.2, 0.25) is 0 Å². The molecular weight excluding hydrogens is 192 g/mol. The zero-order valence-electron chi connectivity index (χ0n) is 10.8. The monoisotopic (exact) mass is 214 g/mol. The van der Waals surface area contributed by atoms with Gasteiger partial charge in [-0.05, 0) is 58.1 Å². The van der Waals surface area contributed by atoms with Gasteiger partial charge in [0.05, 0.1) is 0 Å². The van der Waals surface area contributed by atoms with Gasteiger partial charge in [-0.2, -0.15) is 0 Å². The van der Waals surface area contributed by atoms with Gasteiger partial charge >= 0.3 is 0 Å². The highest BCUT2D eigenvalue weighted by atomic mass is 14.1. The van der Waals surface area contributed by atoms with Gasteiger partial charge in [-0.15, -0.1) is 0 Å². The van der Waals surface area contributed by atoms with E-state index in [1.807, 2.05) is 13.0 Å². The van der Waals surface area contributed by atoms with E-state index in [-0.39, 0.29) is 0 Å². The van der Waals surface area contributed by atoms with E-state index in [1.54, 1.807) is 5.57 Å². The van der Waals surface area contributed by atoms with Gasteiger partial charge in [0.25, 0.3) is 0 Å². The molecule has 0 aromatic rings. The van der Waals surface area contributed by atoms with E-state index in [1.165, 1.54) is 43.3 Å². The number of allylic oxidation sites excluding steroid dienone is 6. The second-order valence-electron chi connectivity index (χ2n) is 4.42. The molecule has 16 heavy (non-hydrogen) atoms. The predicted molar refractivity (Wildman–Crippen MR) is 71.4 cm³/mol. The Morgan fingerprint density at radius 3 is 2.44 bits per heavy atom. The lowest BCUT2D eigenvalue weighted by Gasteiger charge is -2.11. The van der Waals surface area contributed by atoms with Crippen LogP contribution < -0.4 is 0 Å². The minimum Gasteiger partial charge on any atom is -0.0838 e. The fourth-order valence-electron chi connectivity index (χ4n) is 1.80. The Balaban J connectivity index is 2.69. The maximum absolute atomic E-state index is 3.17. The molecular formula is C16H22. The van der Waals surface area contributed by atoms with E-state index >= 15 is 0 Å². The first kappa shape index (κ1) is 12.8.